The minimum atomic E-state index is 0.624. The van der Waals surface area contributed by atoms with Gasteiger partial charge in [-0.25, -0.2) is 9.97 Å². The van der Waals surface area contributed by atoms with Gasteiger partial charge in [0.2, 0.25) is 0 Å². The zero-order valence-corrected chi connectivity index (χ0v) is 11.8. The Kier molecular flexibility index (Phi) is 5.54. The van der Waals surface area contributed by atoms with Crippen molar-refractivity contribution in [2.45, 2.75) is 32.1 Å². The summed E-state index contributed by atoms with van der Waals surface area (Å²) >= 11 is 0. The molecule has 1 saturated carbocycles. The van der Waals surface area contributed by atoms with Gasteiger partial charge in [-0.15, -0.1) is 0 Å². The predicted octanol–water partition coefficient (Wildman–Crippen LogP) is 1.99. The summed E-state index contributed by atoms with van der Waals surface area (Å²) in [7, 11) is 1.67. The number of ether oxygens (including phenoxy) is 2. The van der Waals surface area contributed by atoms with Crippen LogP contribution in [0.3, 0.4) is 0 Å². The van der Waals surface area contributed by atoms with Crippen LogP contribution in [0.4, 0.5) is 5.82 Å². The first-order chi connectivity index (χ1) is 9.33. The van der Waals surface area contributed by atoms with E-state index in [0.29, 0.717) is 25.7 Å². The highest BCUT2D eigenvalue weighted by Crippen LogP contribution is 2.39. The van der Waals surface area contributed by atoms with E-state index in [2.05, 4.69) is 28.3 Å². The lowest BCUT2D eigenvalue weighted by Gasteiger charge is -2.09. The number of nitrogens with one attached hydrogen (secondary N) is 1. The normalized spacial score (nSPS) is 14.6. The number of aromatic nitrogens is 2. The van der Waals surface area contributed by atoms with E-state index in [-0.39, 0.29) is 0 Å². The van der Waals surface area contributed by atoms with Crippen LogP contribution in [0.5, 0.6) is 0 Å². The molecule has 5 heteroatoms. The number of hydrogen-bond acceptors (Lipinski definition) is 5. The van der Waals surface area contributed by atoms with Crippen molar-refractivity contribution in [2.24, 2.45) is 0 Å². The molecule has 106 valence electrons. The maximum atomic E-state index is 5.47. The molecule has 1 N–H and O–H groups in total. The summed E-state index contributed by atoms with van der Waals surface area (Å²) in [5.41, 5.74) is 1.18. The Morgan fingerprint density at radius 3 is 2.79 bits per heavy atom. The van der Waals surface area contributed by atoms with E-state index in [9.17, 15) is 0 Å². The molecule has 1 aromatic heterocycles. The van der Waals surface area contributed by atoms with Crippen LogP contribution in [0.2, 0.25) is 0 Å². The van der Waals surface area contributed by atoms with Gasteiger partial charge in [-0.1, -0.05) is 0 Å². The fraction of sp³-hybridized carbons (Fsp3) is 0.714. The monoisotopic (exact) mass is 265 g/mol. The Hall–Kier alpha value is -1.20. The van der Waals surface area contributed by atoms with Gasteiger partial charge >= 0.3 is 0 Å². The summed E-state index contributed by atoms with van der Waals surface area (Å²) in [6.45, 7) is 4.85. The fourth-order valence-corrected chi connectivity index (χ4v) is 1.90. The molecule has 1 aromatic rings. The van der Waals surface area contributed by atoms with Gasteiger partial charge in [0, 0.05) is 37.8 Å². The summed E-state index contributed by atoms with van der Waals surface area (Å²) in [6.07, 6.45) is 3.27. The smallest absolute Gasteiger partial charge is 0.133 e. The molecule has 0 radical (unpaired) electrons. The van der Waals surface area contributed by atoms with Crippen LogP contribution in [0.25, 0.3) is 0 Å². The SMILES string of the molecule is CCNc1cc(C2CC2)nc(CCOCCOC)n1. The number of hydrogen-bond donors (Lipinski definition) is 1. The quantitative estimate of drug-likeness (QED) is 0.692. The van der Waals surface area contributed by atoms with Crippen LogP contribution in [0.15, 0.2) is 6.07 Å². The van der Waals surface area contributed by atoms with Crippen molar-refractivity contribution in [1.29, 1.82) is 0 Å². The van der Waals surface area contributed by atoms with Crippen LogP contribution in [0.1, 0.15) is 37.2 Å². The van der Waals surface area contributed by atoms with E-state index in [0.717, 1.165) is 24.6 Å². The standard InChI is InChI=1S/C14H23N3O2/c1-3-15-14-10-12(11-4-5-11)16-13(17-14)6-7-19-9-8-18-2/h10-11H,3-9H2,1-2H3,(H,15,16,17). The first-order valence-corrected chi connectivity index (χ1v) is 7.02. The lowest BCUT2D eigenvalue weighted by atomic mass is 10.2. The molecule has 0 aromatic carbocycles. The summed E-state index contributed by atoms with van der Waals surface area (Å²) in [6, 6.07) is 2.08. The van der Waals surface area contributed by atoms with Crippen molar-refractivity contribution < 1.29 is 9.47 Å². The third-order valence-corrected chi connectivity index (χ3v) is 3.05. The van der Waals surface area contributed by atoms with Crippen molar-refractivity contribution in [2.75, 3.05) is 38.8 Å². The number of anilines is 1. The molecule has 0 aliphatic heterocycles. The maximum Gasteiger partial charge on any atom is 0.133 e. The molecule has 19 heavy (non-hydrogen) atoms. The molecule has 0 unspecified atom stereocenters. The minimum absolute atomic E-state index is 0.624. The van der Waals surface area contributed by atoms with Crippen molar-refractivity contribution in [3.05, 3.63) is 17.6 Å². The molecule has 0 amide bonds. The fourth-order valence-electron chi connectivity index (χ4n) is 1.90. The van der Waals surface area contributed by atoms with Gasteiger partial charge in [-0.2, -0.15) is 0 Å². The van der Waals surface area contributed by atoms with E-state index in [4.69, 9.17) is 9.47 Å². The number of nitrogens with zero attached hydrogens (tertiary/aromatic N) is 2. The molecule has 2 rings (SSSR count). The molecule has 0 spiro atoms. The van der Waals surface area contributed by atoms with Gasteiger partial charge in [-0.05, 0) is 19.8 Å². The summed E-state index contributed by atoms with van der Waals surface area (Å²) in [5, 5.41) is 3.27. The highest BCUT2D eigenvalue weighted by molar-refractivity contribution is 5.38. The Balaban J connectivity index is 1.90. The largest absolute Gasteiger partial charge is 0.382 e. The molecule has 1 fully saturated rings. The third-order valence-electron chi connectivity index (χ3n) is 3.05. The highest BCUT2D eigenvalue weighted by atomic mass is 16.5. The van der Waals surface area contributed by atoms with Crippen molar-refractivity contribution >= 4 is 5.82 Å². The molecule has 0 atom stereocenters. The zero-order chi connectivity index (χ0) is 13.5. The van der Waals surface area contributed by atoms with Gasteiger partial charge in [0.15, 0.2) is 0 Å². The lowest BCUT2D eigenvalue weighted by molar-refractivity contribution is 0.0716. The molecular weight excluding hydrogens is 242 g/mol. The Labute approximate surface area is 114 Å². The van der Waals surface area contributed by atoms with Gasteiger partial charge in [-0.3, -0.25) is 0 Å². The average molecular weight is 265 g/mol. The van der Waals surface area contributed by atoms with Gasteiger partial charge < -0.3 is 14.8 Å². The second-order valence-electron chi connectivity index (χ2n) is 4.75. The molecule has 1 heterocycles. The number of methoxy groups -OCH3 is 1. The first kappa shape index (κ1) is 14.2. The summed E-state index contributed by atoms with van der Waals surface area (Å²) < 4.78 is 10.4. The Morgan fingerprint density at radius 1 is 1.26 bits per heavy atom. The van der Waals surface area contributed by atoms with Crippen LogP contribution in [-0.4, -0.2) is 43.4 Å². The molecular formula is C14H23N3O2. The number of rotatable bonds is 9. The van der Waals surface area contributed by atoms with Gasteiger partial charge in [0.1, 0.15) is 11.6 Å². The maximum absolute atomic E-state index is 5.47. The van der Waals surface area contributed by atoms with Crippen molar-refractivity contribution in [3.8, 4) is 0 Å². The summed E-state index contributed by atoms with van der Waals surface area (Å²) in [4.78, 5) is 9.15. The van der Waals surface area contributed by atoms with E-state index in [1.54, 1.807) is 7.11 Å². The average Bonchev–Trinajstić information content (AvgIpc) is 3.23. The summed E-state index contributed by atoms with van der Waals surface area (Å²) in [5.74, 6) is 2.46. The van der Waals surface area contributed by atoms with Crippen molar-refractivity contribution in [1.82, 2.24) is 9.97 Å². The van der Waals surface area contributed by atoms with Crippen LogP contribution in [-0.2, 0) is 15.9 Å². The molecule has 0 bridgehead atoms. The molecule has 0 saturated heterocycles. The third kappa shape index (κ3) is 4.76. The topological polar surface area (TPSA) is 56.3 Å². The lowest BCUT2D eigenvalue weighted by Crippen LogP contribution is -2.10. The van der Waals surface area contributed by atoms with Crippen molar-refractivity contribution in [3.63, 3.8) is 0 Å². The Bertz CT molecular complexity index is 394. The van der Waals surface area contributed by atoms with Gasteiger partial charge in [0.25, 0.3) is 0 Å². The first-order valence-electron chi connectivity index (χ1n) is 7.02. The van der Waals surface area contributed by atoms with E-state index in [1.165, 1.54) is 18.5 Å². The Morgan fingerprint density at radius 2 is 2.11 bits per heavy atom. The van der Waals surface area contributed by atoms with E-state index >= 15 is 0 Å². The van der Waals surface area contributed by atoms with Crippen LogP contribution >= 0.6 is 0 Å². The molecule has 1 aliphatic rings. The van der Waals surface area contributed by atoms with Gasteiger partial charge in [0.05, 0.1) is 19.8 Å². The van der Waals surface area contributed by atoms with E-state index in [1.807, 2.05) is 0 Å². The predicted molar refractivity (Wildman–Crippen MR) is 74.6 cm³/mol. The second kappa shape index (κ2) is 7.40. The second-order valence-corrected chi connectivity index (χ2v) is 4.75. The van der Waals surface area contributed by atoms with Crippen LogP contribution in [0, 0.1) is 0 Å². The van der Waals surface area contributed by atoms with Crippen LogP contribution < -0.4 is 5.32 Å². The zero-order valence-electron chi connectivity index (χ0n) is 11.8. The molecule has 1 aliphatic carbocycles. The minimum Gasteiger partial charge on any atom is -0.382 e. The highest BCUT2D eigenvalue weighted by Gasteiger charge is 2.26. The van der Waals surface area contributed by atoms with E-state index < -0.39 is 0 Å². The molecule has 5 nitrogen and oxygen atoms in total.